The van der Waals surface area contributed by atoms with Crippen LogP contribution in [0.1, 0.15) is 23.6 Å². The highest BCUT2D eigenvalue weighted by Crippen LogP contribution is 2.39. The Morgan fingerprint density at radius 3 is 2.62 bits per heavy atom. The average molecular weight is 425 g/mol. The van der Waals surface area contributed by atoms with Gasteiger partial charge in [-0.25, -0.2) is 4.99 Å². The predicted octanol–water partition coefficient (Wildman–Crippen LogP) is 6.36. The summed E-state index contributed by atoms with van der Waals surface area (Å²) in [5.41, 5.74) is 4.67. The summed E-state index contributed by atoms with van der Waals surface area (Å²) in [7, 11) is 1.98. The molecule has 0 aliphatic carbocycles. The highest BCUT2D eigenvalue weighted by atomic mass is 35.5. The molecular formula is C22H21ClN4OS. The molecule has 148 valence electrons. The van der Waals surface area contributed by atoms with E-state index < -0.39 is 0 Å². The number of ether oxygens (including phenoxy) is 1. The first-order chi connectivity index (χ1) is 13.9. The standard InChI is InChI=1S/C22H21ClN4OS/c1-5-27(4)13-25-19-10-15(3)20(11-14(19)2)28-22-18(12-24)21(26-29-22)16-6-8-17(23)9-7-16/h6-11,13H,5H2,1-4H3. The number of benzene rings is 2. The largest absolute Gasteiger partial charge is 0.443 e. The van der Waals surface area contributed by atoms with Gasteiger partial charge in [0.05, 0.1) is 12.0 Å². The Hall–Kier alpha value is -2.88. The van der Waals surface area contributed by atoms with Crippen molar-refractivity contribution in [3.63, 3.8) is 0 Å². The molecule has 0 unspecified atom stereocenters. The highest BCUT2D eigenvalue weighted by Gasteiger charge is 2.18. The Balaban J connectivity index is 1.91. The van der Waals surface area contributed by atoms with Gasteiger partial charge < -0.3 is 9.64 Å². The van der Waals surface area contributed by atoms with Crippen LogP contribution in [0, 0.1) is 25.2 Å². The number of rotatable bonds is 6. The number of nitriles is 1. The highest BCUT2D eigenvalue weighted by molar-refractivity contribution is 7.08. The van der Waals surface area contributed by atoms with E-state index in [4.69, 9.17) is 16.3 Å². The van der Waals surface area contributed by atoms with E-state index in [0.717, 1.165) is 28.9 Å². The van der Waals surface area contributed by atoms with Gasteiger partial charge in [0.1, 0.15) is 23.1 Å². The normalized spacial score (nSPS) is 10.9. The number of aromatic nitrogens is 1. The van der Waals surface area contributed by atoms with Crippen molar-refractivity contribution in [2.24, 2.45) is 4.99 Å². The van der Waals surface area contributed by atoms with E-state index in [2.05, 4.69) is 22.4 Å². The van der Waals surface area contributed by atoms with Crippen molar-refractivity contribution in [1.29, 1.82) is 5.26 Å². The minimum absolute atomic E-state index is 0.418. The van der Waals surface area contributed by atoms with Gasteiger partial charge in [0.25, 0.3) is 0 Å². The van der Waals surface area contributed by atoms with E-state index in [1.807, 2.05) is 56.4 Å². The third-order valence-corrected chi connectivity index (χ3v) is 5.46. The maximum atomic E-state index is 9.68. The van der Waals surface area contributed by atoms with Crippen LogP contribution in [0.4, 0.5) is 5.69 Å². The van der Waals surface area contributed by atoms with Crippen LogP contribution in [0.5, 0.6) is 10.8 Å². The second kappa shape index (κ2) is 9.08. The van der Waals surface area contributed by atoms with Crippen molar-refractivity contribution in [1.82, 2.24) is 9.27 Å². The van der Waals surface area contributed by atoms with Gasteiger partial charge in [0.2, 0.25) is 5.06 Å². The van der Waals surface area contributed by atoms with E-state index in [-0.39, 0.29) is 0 Å². The van der Waals surface area contributed by atoms with Gasteiger partial charge in [-0.1, -0.05) is 23.7 Å². The fraction of sp³-hybridized carbons (Fsp3) is 0.227. The first kappa shape index (κ1) is 20.8. The number of hydrogen-bond acceptors (Lipinski definition) is 5. The van der Waals surface area contributed by atoms with Crippen LogP contribution in [0.2, 0.25) is 5.02 Å². The molecule has 5 nitrogen and oxygen atoms in total. The Morgan fingerprint density at radius 1 is 1.24 bits per heavy atom. The average Bonchev–Trinajstić information content (AvgIpc) is 3.12. The van der Waals surface area contributed by atoms with Gasteiger partial charge in [0.15, 0.2) is 0 Å². The lowest BCUT2D eigenvalue weighted by molar-refractivity contribution is 0.491. The SMILES string of the molecule is CCN(C)C=Nc1cc(C)c(Oc2snc(-c3ccc(Cl)cc3)c2C#N)cc1C. The van der Waals surface area contributed by atoms with Crippen molar-refractivity contribution in [3.8, 4) is 28.1 Å². The molecule has 0 bridgehead atoms. The van der Waals surface area contributed by atoms with Crippen molar-refractivity contribution < 1.29 is 4.74 Å². The molecule has 0 fully saturated rings. The van der Waals surface area contributed by atoms with Gasteiger partial charge in [-0.15, -0.1) is 0 Å². The summed E-state index contributed by atoms with van der Waals surface area (Å²) >= 11 is 7.12. The molecule has 0 atom stereocenters. The molecule has 1 heterocycles. The molecule has 29 heavy (non-hydrogen) atoms. The Morgan fingerprint density at radius 2 is 1.97 bits per heavy atom. The molecule has 2 aromatic carbocycles. The van der Waals surface area contributed by atoms with Crippen molar-refractivity contribution in [3.05, 3.63) is 58.1 Å². The Bertz CT molecular complexity index is 1080. The number of aliphatic imine (C=N–C) groups is 1. The zero-order chi connectivity index (χ0) is 21.0. The maximum absolute atomic E-state index is 9.68. The molecule has 0 N–H and O–H groups in total. The van der Waals surface area contributed by atoms with Crippen molar-refractivity contribution >= 4 is 35.2 Å². The Kier molecular flexibility index (Phi) is 6.53. The number of aryl methyl sites for hydroxylation is 2. The van der Waals surface area contributed by atoms with Gasteiger partial charge in [0, 0.05) is 35.7 Å². The van der Waals surface area contributed by atoms with E-state index in [9.17, 15) is 5.26 Å². The van der Waals surface area contributed by atoms with Crippen LogP contribution in [0.3, 0.4) is 0 Å². The monoisotopic (exact) mass is 424 g/mol. The van der Waals surface area contributed by atoms with E-state index >= 15 is 0 Å². The lowest BCUT2D eigenvalue weighted by Crippen LogP contribution is -2.14. The van der Waals surface area contributed by atoms with Crippen LogP contribution in [-0.4, -0.2) is 29.2 Å². The third kappa shape index (κ3) is 4.76. The van der Waals surface area contributed by atoms with E-state index in [0.29, 0.717) is 27.1 Å². The molecule has 7 heteroatoms. The number of halogens is 1. The van der Waals surface area contributed by atoms with E-state index in [1.54, 1.807) is 12.1 Å². The molecule has 1 aromatic heterocycles. The van der Waals surface area contributed by atoms with Crippen LogP contribution >= 0.6 is 23.1 Å². The van der Waals surface area contributed by atoms with Gasteiger partial charge in [-0.05, 0) is 56.2 Å². The minimum atomic E-state index is 0.418. The lowest BCUT2D eigenvalue weighted by atomic mass is 10.1. The predicted molar refractivity (Wildman–Crippen MR) is 120 cm³/mol. The minimum Gasteiger partial charge on any atom is -0.443 e. The molecule has 0 aliphatic rings. The fourth-order valence-electron chi connectivity index (χ4n) is 2.61. The topological polar surface area (TPSA) is 61.5 Å². The number of nitrogens with zero attached hydrogens (tertiary/aromatic N) is 4. The van der Waals surface area contributed by atoms with Crippen LogP contribution in [-0.2, 0) is 0 Å². The summed E-state index contributed by atoms with van der Waals surface area (Å²) in [4.78, 5) is 6.55. The summed E-state index contributed by atoms with van der Waals surface area (Å²) in [5.74, 6) is 0.688. The molecule has 0 saturated heterocycles. The molecule has 0 spiro atoms. The molecule has 0 saturated carbocycles. The third-order valence-electron chi connectivity index (χ3n) is 4.48. The van der Waals surface area contributed by atoms with E-state index in [1.165, 1.54) is 11.5 Å². The van der Waals surface area contributed by atoms with Crippen LogP contribution in [0.25, 0.3) is 11.3 Å². The second-order valence-corrected chi connectivity index (χ2v) is 7.81. The molecule has 0 radical (unpaired) electrons. The first-order valence-corrected chi connectivity index (χ1v) is 10.3. The fourth-order valence-corrected chi connectivity index (χ4v) is 3.47. The molecule has 3 rings (SSSR count). The molecule has 3 aromatic rings. The summed E-state index contributed by atoms with van der Waals surface area (Å²) < 4.78 is 10.5. The second-order valence-electron chi connectivity index (χ2n) is 6.64. The first-order valence-electron chi connectivity index (χ1n) is 9.12. The molecule has 0 aliphatic heterocycles. The van der Waals surface area contributed by atoms with Crippen molar-refractivity contribution in [2.45, 2.75) is 20.8 Å². The van der Waals surface area contributed by atoms with Crippen LogP contribution < -0.4 is 4.74 Å². The Labute approximate surface area is 180 Å². The summed E-state index contributed by atoms with van der Waals surface area (Å²) in [6, 6.07) is 13.4. The van der Waals surface area contributed by atoms with Gasteiger partial charge in [-0.3, -0.25) is 0 Å². The summed E-state index contributed by atoms with van der Waals surface area (Å²) in [5, 5.41) is 10.8. The van der Waals surface area contributed by atoms with Crippen molar-refractivity contribution in [2.75, 3.05) is 13.6 Å². The quantitative estimate of drug-likeness (QED) is 0.341. The van der Waals surface area contributed by atoms with Gasteiger partial charge in [-0.2, -0.15) is 9.64 Å². The zero-order valence-electron chi connectivity index (χ0n) is 16.7. The van der Waals surface area contributed by atoms with Crippen LogP contribution in [0.15, 0.2) is 41.4 Å². The van der Waals surface area contributed by atoms with Gasteiger partial charge >= 0.3 is 0 Å². The smallest absolute Gasteiger partial charge is 0.218 e. The summed E-state index contributed by atoms with van der Waals surface area (Å²) in [6.07, 6.45) is 1.82. The lowest BCUT2D eigenvalue weighted by Gasteiger charge is -2.12. The molecule has 0 amide bonds. The molecular weight excluding hydrogens is 404 g/mol. The maximum Gasteiger partial charge on any atom is 0.218 e. The number of hydrogen-bond donors (Lipinski definition) is 0. The zero-order valence-corrected chi connectivity index (χ0v) is 18.3. The summed E-state index contributed by atoms with van der Waals surface area (Å²) in [6.45, 7) is 6.91.